The fourth-order valence-electron chi connectivity index (χ4n) is 8.64. The van der Waals surface area contributed by atoms with Gasteiger partial charge in [0.05, 0.1) is 29.2 Å². The molecule has 7 rings (SSSR count). The van der Waals surface area contributed by atoms with Crippen molar-refractivity contribution in [2.45, 2.75) is 98.7 Å². The highest BCUT2D eigenvalue weighted by atomic mass is 32.2. The Morgan fingerprint density at radius 1 is 0.984 bits per heavy atom. The maximum atomic E-state index is 13.1. The summed E-state index contributed by atoms with van der Waals surface area (Å²) in [5.41, 5.74) is 11.3. The molecule has 3 saturated heterocycles. The van der Waals surface area contributed by atoms with Crippen molar-refractivity contribution in [3.63, 3.8) is 0 Å². The molecule has 0 aromatic heterocycles. The van der Waals surface area contributed by atoms with Crippen molar-refractivity contribution in [1.29, 1.82) is 0 Å². The zero-order valence-electron chi connectivity index (χ0n) is 33.5. The summed E-state index contributed by atoms with van der Waals surface area (Å²) >= 11 is 3.05. The molecular formula is C38H54N12O9S2+2. The lowest BCUT2D eigenvalue weighted by atomic mass is 9.87. The van der Waals surface area contributed by atoms with Gasteiger partial charge in [-0.25, -0.2) is 24.4 Å². The molecule has 0 saturated carbocycles. The van der Waals surface area contributed by atoms with E-state index in [-0.39, 0.29) is 66.3 Å². The summed E-state index contributed by atoms with van der Waals surface area (Å²) in [7, 11) is 0. The zero-order chi connectivity index (χ0) is 43.3. The number of nitrogens with two attached hydrogens (primary N) is 2. The second-order valence-corrected chi connectivity index (χ2v) is 18.2. The molecule has 330 valence electrons. The van der Waals surface area contributed by atoms with Crippen molar-refractivity contribution >= 4 is 82.6 Å². The van der Waals surface area contributed by atoms with E-state index in [4.69, 9.17) is 16.2 Å². The molecule has 1 spiro atoms. The summed E-state index contributed by atoms with van der Waals surface area (Å²) in [6, 6.07) is 4.93. The Labute approximate surface area is 360 Å². The quantitative estimate of drug-likeness (QED) is 0.0213. The van der Waals surface area contributed by atoms with Crippen LogP contribution in [0, 0.1) is 0 Å². The number of guanidine groups is 2. The van der Waals surface area contributed by atoms with Crippen LogP contribution >= 0.6 is 23.5 Å². The number of thioether (sulfide) groups is 2. The first-order chi connectivity index (χ1) is 29.3. The van der Waals surface area contributed by atoms with Gasteiger partial charge >= 0.3 is 24.0 Å². The van der Waals surface area contributed by atoms with E-state index in [0.717, 1.165) is 42.8 Å². The number of nitrogens with one attached hydrogen (secondary N) is 8. The van der Waals surface area contributed by atoms with E-state index in [1.165, 1.54) is 42.1 Å². The van der Waals surface area contributed by atoms with Crippen LogP contribution < -0.4 is 58.6 Å². The van der Waals surface area contributed by atoms with Crippen molar-refractivity contribution in [2.24, 2.45) is 11.5 Å². The molecule has 61 heavy (non-hydrogen) atoms. The number of hydrogen-bond donors (Lipinski definition) is 12. The van der Waals surface area contributed by atoms with Crippen molar-refractivity contribution in [1.82, 2.24) is 31.9 Å². The van der Waals surface area contributed by atoms with Gasteiger partial charge in [-0.15, -0.1) is 11.8 Å². The first kappa shape index (κ1) is 43.8. The highest BCUT2D eigenvalue weighted by molar-refractivity contribution is 8.04. The largest absolute Gasteiger partial charge is 0.445 e. The number of anilines is 2. The van der Waals surface area contributed by atoms with Crippen LogP contribution in [0.4, 0.5) is 21.0 Å². The standard InChI is InChI=1S/C38H52N12O9S2/c39-33-47-31-23(44-34(40)49-16-13-37(57,58)38(31,49)48-33)19-59-36(56)43-21-9-11-22(12-10-21)50-29(53)18-26(32(50)54)60-17-15-42-28(52)7-2-1-5-14-41-27(51)8-4-3-6-25-30-24(20-61-25)45-35(55)46-30/h9-12,18,23-25,30-31,57-58H,1-8,13-17,19-20H2,(H10,39,40,41,42,43,44,45,46,47,48,51,52,55,56)/p+2. The number of aliphatic hydroxyl groups is 2. The van der Waals surface area contributed by atoms with E-state index in [2.05, 4.69) is 42.2 Å². The number of nitrogens with zero attached hydrogens (tertiary/aromatic N) is 2. The molecule has 14 N–H and O–H groups in total. The third-order valence-corrected chi connectivity index (χ3v) is 14.2. The smallest absolute Gasteiger partial charge is 0.411 e. The summed E-state index contributed by atoms with van der Waals surface area (Å²) in [6.07, 6.45) is 6.23. The molecule has 6 aliphatic rings. The Morgan fingerprint density at radius 2 is 1.72 bits per heavy atom. The van der Waals surface area contributed by atoms with Gasteiger partial charge in [-0.2, -0.15) is 11.8 Å². The average Bonchev–Trinajstić information content (AvgIpc) is 4.01. The molecule has 0 aliphatic carbocycles. The van der Waals surface area contributed by atoms with Crippen LogP contribution in [0.25, 0.3) is 0 Å². The fourth-order valence-corrected chi connectivity index (χ4v) is 11.0. The van der Waals surface area contributed by atoms with E-state index in [0.29, 0.717) is 54.7 Å². The molecular weight excluding hydrogens is 833 g/mol. The van der Waals surface area contributed by atoms with E-state index in [9.17, 15) is 39.0 Å². The van der Waals surface area contributed by atoms with Crippen molar-refractivity contribution < 1.29 is 53.3 Å². The Balaban J connectivity index is 0.735. The molecule has 6 atom stereocenters. The van der Waals surface area contributed by atoms with E-state index >= 15 is 0 Å². The first-order valence-corrected chi connectivity index (χ1v) is 22.6. The van der Waals surface area contributed by atoms with Crippen LogP contribution in [0.15, 0.2) is 35.2 Å². The molecule has 23 heteroatoms. The van der Waals surface area contributed by atoms with E-state index in [1.807, 2.05) is 11.8 Å². The third-order valence-electron chi connectivity index (χ3n) is 11.7. The predicted molar refractivity (Wildman–Crippen MR) is 226 cm³/mol. The van der Waals surface area contributed by atoms with Crippen LogP contribution in [0.1, 0.15) is 57.8 Å². The van der Waals surface area contributed by atoms with Gasteiger partial charge in [0.2, 0.25) is 17.6 Å². The number of imide groups is 1. The lowest BCUT2D eigenvalue weighted by molar-refractivity contribution is -0.674. The molecule has 1 aromatic carbocycles. The normalized spacial score (nSPS) is 26.9. The monoisotopic (exact) mass is 886 g/mol. The maximum absolute atomic E-state index is 13.1. The van der Waals surface area contributed by atoms with Gasteiger partial charge in [-0.1, -0.05) is 12.8 Å². The number of urea groups is 1. The summed E-state index contributed by atoms with van der Waals surface area (Å²) in [5, 5.41) is 42.4. The SMILES string of the molecule is NC1=[NH+]C2C(COC(=O)Nc3ccc(N4C(=O)C=C(SCCNC(=O)CCCCCNC(=O)CCCCC5SCC6NC(=O)NC65)C4=O)cc3)NC(N)=[N+]3CCC(O)(O)C23N1. The molecule has 7 amide bonds. The lowest BCUT2D eigenvalue weighted by Crippen LogP contribution is -2.91. The number of carbonyl (C=O) groups excluding carboxylic acids is 6. The van der Waals surface area contributed by atoms with Crippen molar-refractivity contribution in [2.75, 3.05) is 48.0 Å². The molecule has 21 nitrogen and oxygen atoms in total. The van der Waals surface area contributed by atoms with Gasteiger partial charge in [-0.3, -0.25) is 46.3 Å². The highest BCUT2D eigenvalue weighted by Gasteiger charge is 2.74. The molecule has 3 fully saturated rings. The van der Waals surface area contributed by atoms with E-state index < -0.39 is 41.4 Å². The Bertz CT molecular complexity index is 2000. The van der Waals surface area contributed by atoms with Gasteiger partial charge in [0.1, 0.15) is 12.6 Å². The number of ether oxygens (including phenoxy) is 1. The minimum atomic E-state index is -2.19. The van der Waals surface area contributed by atoms with Crippen LogP contribution in [0.3, 0.4) is 0 Å². The molecule has 1 aromatic rings. The van der Waals surface area contributed by atoms with Gasteiger partial charge in [0, 0.05) is 60.9 Å². The van der Waals surface area contributed by atoms with E-state index in [1.54, 1.807) is 4.58 Å². The van der Waals surface area contributed by atoms with Gasteiger partial charge in [-0.05, 0) is 49.9 Å². The summed E-state index contributed by atoms with van der Waals surface area (Å²) < 4.78 is 7.03. The average molecular weight is 887 g/mol. The Kier molecular flexibility index (Phi) is 13.5. The number of fused-ring (bicyclic) bond motifs is 1. The van der Waals surface area contributed by atoms with Crippen LogP contribution in [0.2, 0.25) is 0 Å². The van der Waals surface area contributed by atoms with Gasteiger partial charge in [0.25, 0.3) is 17.5 Å². The number of amides is 7. The van der Waals surface area contributed by atoms with Crippen LogP contribution in [0.5, 0.6) is 0 Å². The number of benzene rings is 1. The number of rotatable bonds is 19. The molecule has 6 aliphatic heterocycles. The fraction of sp³-hybridized carbons (Fsp3) is 0.579. The molecule has 0 radical (unpaired) electrons. The van der Waals surface area contributed by atoms with Gasteiger partial charge in [0.15, 0.2) is 6.04 Å². The second kappa shape index (κ2) is 18.8. The van der Waals surface area contributed by atoms with Crippen LogP contribution in [-0.2, 0) is 23.9 Å². The third kappa shape index (κ3) is 9.63. The van der Waals surface area contributed by atoms with Gasteiger partial charge < -0.3 is 36.2 Å². The number of hydrogen-bond acceptors (Lipinski definition) is 15. The summed E-state index contributed by atoms with van der Waals surface area (Å²) in [5.74, 6) is -1.68. The lowest BCUT2D eigenvalue weighted by Gasteiger charge is -2.40. The zero-order valence-corrected chi connectivity index (χ0v) is 35.1. The minimum Gasteiger partial charge on any atom is -0.445 e. The maximum Gasteiger partial charge on any atom is 0.411 e. The summed E-state index contributed by atoms with van der Waals surface area (Å²) in [4.78, 5) is 79.0. The second-order valence-electron chi connectivity index (χ2n) is 15.8. The van der Waals surface area contributed by atoms with Crippen LogP contribution in [-0.4, -0.2) is 141 Å². The minimum absolute atomic E-state index is 0.00253. The van der Waals surface area contributed by atoms with Crippen molar-refractivity contribution in [3.8, 4) is 0 Å². The van der Waals surface area contributed by atoms with Crippen molar-refractivity contribution in [3.05, 3.63) is 35.2 Å². The molecule has 0 bridgehead atoms. The summed E-state index contributed by atoms with van der Waals surface area (Å²) in [6.45, 7) is 0.906. The number of carbonyl (C=O) groups is 6. The topological polar surface area (TPSA) is 309 Å². The predicted octanol–water partition coefficient (Wildman–Crippen LogP) is -3.31. The Hall–Kier alpha value is -5.26. The molecule has 6 heterocycles. The number of unbranched alkanes of at least 4 members (excludes halogenated alkanes) is 3. The Morgan fingerprint density at radius 3 is 2.49 bits per heavy atom. The highest BCUT2D eigenvalue weighted by Crippen LogP contribution is 2.37. The molecule has 6 unspecified atom stereocenters. The first-order valence-electron chi connectivity index (χ1n) is 20.5.